The van der Waals surface area contributed by atoms with Crippen LogP contribution >= 0.6 is 0 Å². The number of ether oxygens (including phenoxy) is 1. The van der Waals surface area contributed by atoms with E-state index in [-0.39, 0.29) is 24.3 Å². The Balaban J connectivity index is 1.54. The first-order valence-corrected chi connectivity index (χ1v) is 11.6. The number of hydrogen-bond donors (Lipinski definition) is 2. The lowest BCUT2D eigenvalue weighted by Crippen LogP contribution is -2.54. The van der Waals surface area contributed by atoms with E-state index >= 15 is 0 Å². The number of fused-ring (bicyclic) bond motifs is 1. The highest BCUT2D eigenvalue weighted by atomic mass is 16.5. The molecular formula is C26H30N4O4. The van der Waals surface area contributed by atoms with E-state index in [1.165, 1.54) is 0 Å². The maximum atomic E-state index is 13.4. The lowest BCUT2D eigenvalue weighted by atomic mass is 9.75. The number of nitrogens with one attached hydrogen (secondary N) is 2. The molecular weight excluding hydrogens is 432 g/mol. The third kappa shape index (κ3) is 5.11. The highest BCUT2D eigenvalue weighted by Gasteiger charge is 2.43. The normalized spacial score (nSPS) is 22.6. The number of para-hydroxylation sites is 1. The predicted molar refractivity (Wildman–Crippen MR) is 128 cm³/mol. The van der Waals surface area contributed by atoms with Crippen LogP contribution in [-0.2, 0) is 4.79 Å². The largest absolute Gasteiger partial charge is 0.489 e. The zero-order valence-corrected chi connectivity index (χ0v) is 19.4. The van der Waals surface area contributed by atoms with Gasteiger partial charge in [0.05, 0.1) is 11.0 Å². The maximum absolute atomic E-state index is 13.4. The Morgan fingerprint density at radius 1 is 1.09 bits per heavy atom. The van der Waals surface area contributed by atoms with E-state index in [0.717, 1.165) is 12.0 Å². The molecule has 3 heterocycles. The summed E-state index contributed by atoms with van der Waals surface area (Å²) >= 11 is 0. The Bertz CT molecular complexity index is 1100. The number of benzene rings is 1. The summed E-state index contributed by atoms with van der Waals surface area (Å²) in [6, 6.07) is 10.8. The Morgan fingerprint density at radius 2 is 1.91 bits per heavy atom. The first-order valence-electron chi connectivity index (χ1n) is 11.6. The fraction of sp³-hybridized carbons (Fsp3) is 0.385. The van der Waals surface area contributed by atoms with Gasteiger partial charge >= 0.3 is 0 Å². The SMILES string of the molecule is Cc1cccnc1C(=O)N1CCCC2(C/C=C/COc3ccccc3C(=O)NCCNC2=O)C1. The molecule has 0 aliphatic carbocycles. The van der Waals surface area contributed by atoms with E-state index in [4.69, 9.17) is 4.74 Å². The van der Waals surface area contributed by atoms with Gasteiger partial charge in [-0.15, -0.1) is 0 Å². The van der Waals surface area contributed by atoms with Gasteiger partial charge < -0.3 is 20.3 Å². The van der Waals surface area contributed by atoms with Crippen LogP contribution in [0.2, 0.25) is 0 Å². The topological polar surface area (TPSA) is 101 Å². The molecule has 4 rings (SSSR count). The van der Waals surface area contributed by atoms with Gasteiger partial charge in [0.25, 0.3) is 11.8 Å². The van der Waals surface area contributed by atoms with E-state index in [0.29, 0.717) is 56.0 Å². The van der Waals surface area contributed by atoms with E-state index < -0.39 is 5.41 Å². The Morgan fingerprint density at radius 3 is 2.76 bits per heavy atom. The van der Waals surface area contributed by atoms with E-state index in [2.05, 4.69) is 15.6 Å². The van der Waals surface area contributed by atoms with Crippen molar-refractivity contribution < 1.29 is 19.1 Å². The smallest absolute Gasteiger partial charge is 0.272 e. The number of carbonyl (C=O) groups excluding carboxylic acids is 3. The number of amides is 3. The molecule has 34 heavy (non-hydrogen) atoms. The predicted octanol–water partition coefficient (Wildman–Crippen LogP) is 2.50. The molecule has 0 radical (unpaired) electrons. The Kier molecular flexibility index (Phi) is 7.25. The fourth-order valence-corrected chi connectivity index (χ4v) is 4.54. The van der Waals surface area contributed by atoms with Crippen LogP contribution in [0, 0.1) is 12.3 Å². The van der Waals surface area contributed by atoms with Crippen molar-refractivity contribution in [2.24, 2.45) is 5.41 Å². The van der Waals surface area contributed by atoms with Gasteiger partial charge in [0.15, 0.2) is 0 Å². The van der Waals surface area contributed by atoms with Crippen molar-refractivity contribution in [2.75, 3.05) is 32.8 Å². The van der Waals surface area contributed by atoms with Crippen molar-refractivity contribution >= 4 is 17.7 Å². The number of piperidine rings is 1. The first kappa shape index (κ1) is 23.5. The molecule has 2 N–H and O–H groups in total. The third-order valence-electron chi connectivity index (χ3n) is 6.40. The van der Waals surface area contributed by atoms with Crippen LogP contribution < -0.4 is 15.4 Å². The van der Waals surface area contributed by atoms with Crippen molar-refractivity contribution in [1.29, 1.82) is 0 Å². The number of allylic oxidation sites excluding steroid dienone is 1. The molecule has 2 aliphatic heterocycles. The number of carbonyl (C=O) groups is 3. The highest BCUT2D eigenvalue weighted by Crippen LogP contribution is 2.35. The summed E-state index contributed by atoms with van der Waals surface area (Å²) < 4.78 is 5.81. The average molecular weight is 463 g/mol. The molecule has 1 aromatic heterocycles. The molecule has 1 aromatic carbocycles. The van der Waals surface area contributed by atoms with Crippen molar-refractivity contribution in [2.45, 2.75) is 26.2 Å². The second-order valence-electron chi connectivity index (χ2n) is 8.77. The molecule has 1 saturated heterocycles. The molecule has 8 heteroatoms. The summed E-state index contributed by atoms with van der Waals surface area (Å²) in [7, 11) is 0. The van der Waals surface area contributed by atoms with Gasteiger partial charge in [0.1, 0.15) is 18.1 Å². The van der Waals surface area contributed by atoms with Crippen LogP contribution in [0.25, 0.3) is 0 Å². The molecule has 2 aliphatic rings. The van der Waals surface area contributed by atoms with Crippen LogP contribution in [0.15, 0.2) is 54.7 Å². The number of aromatic nitrogens is 1. The monoisotopic (exact) mass is 462 g/mol. The molecule has 0 bridgehead atoms. The minimum absolute atomic E-state index is 0.111. The molecule has 1 fully saturated rings. The summed E-state index contributed by atoms with van der Waals surface area (Å²) in [6.45, 7) is 3.63. The number of rotatable bonds is 1. The zero-order valence-electron chi connectivity index (χ0n) is 19.4. The molecule has 1 spiro atoms. The molecule has 1 unspecified atom stereocenters. The molecule has 178 valence electrons. The standard InChI is InChI=1S/C26H30N4O4/c1-19-8-6-13-27-22(19)24(32)30-16-7-12-26(18-30)11-4-5-17-34-21-10-3-2-9-20(21)23(31)28-14-15-29-25(26)33/h2-6,8-10,13H,7,11-12,14-18H2,1H3,(H,28,31)(H,29,33)/b5-4+. The number of nitrogens with zero attached hydrogens (tertiary/aromatic N) is 2. The molecule has 8 nitrogen and oxygen atoms in total. The van der Waals surface area contributed by atoms with Gasteiger partial charge in [0.2, 0.25) is 5.91 Å². The number of pyridine rings is 1. The summed E-state index contributed by atoms with van der Waals surface area (Å²) in [4.78, 5) is 45.2. The van der Waals surface area contributed by atoms with Crippen LogP contribution in [0.5, 0.6) is 5.75 Å². The lowest BCUT2D eigenvalue weighted by molar-refractivity contribution is -0.133. The molecule has 3 amide bonds. The first-order chi connectivity index (χ1) is 16.5. The van der Waals surface area contributed by atoms with Crippen molar-refractivity contribution in [3.8, 4) is 5.75 Å². The zero-order chi connectivity index (χ0) is 24.0. The Hall–Kier alpha value is -3.68. The van der Waals surface area contributed by atoms with Crippen LogP contribution in [0.3, 0.4) is 0 Å². The van der Waals surface area contributed by atoms with E-state index in [9.17, 15) is 14.4 Å². The second-order valence-corrected chi connectivity index (χ2v) is 8.77. The average Bonchev–Trinajstić information content (AvgIpc) is 2.86. The second kappa shape index (κ2) is 10.5. The van der Waals surface area contributed by atoms with Gasteiger partial charge in [-0.1, -0.05) is 30.4 Å². The number of likely N-dealkylation sites (tertiary alicyclic amines) is 1. The van der Waals surface area contributed by atoms with Crippen molar-refractivity contribution in [1.82, 2.24) is 20.5 Å². The van der Waals surface area contributed by atoms with E-state index in [1.54, 1.807) is 35.4 Å². The maximum Gasteiger partial charge on any atom is 0.272 e. The molecule has 0 saturated carbocycles. The van der Waals surface area contributed by atoms with Gasteiger partial charge in [-0.05, 0) is 49.9 Å². The summed E-state index contributed by atoms with van der Waals surface area (Å²) in [6.07, 6.45) is 7.29. The fourth-order valence-electron chi connectivity index (χ4n) is 4.54. The van der Waals surface area contributed by atoms with Crippen molar-refractivity contribution in [3.63, 3.8) is 0 Å². The number of aryl methyl sites for hydroxylation is 1. The molecule has 1 atom stereocenters. The highest BCUT2D eigenvalue weighted by molar-refractivity contribution is 5.97. The summed E-state index contributed by atoms with van der Waals surface area (Å²) in [5, 5.41) is 5.81. The van der Waals surface area contributed by atoms with Crippen molar-refractivity contribution in [3.05, 3.63) is 71.6 Å². The minimum Gasteiger partial charge on any atom is -0.489 e. The minimum atomic E-state index is -0.751. The quantitative estimate of drug-likeness (QED) is 0.635. The number of hydrogen-bond acceptors (Lipinski definition) is 5. The van der Waals surface area contributed by atoms with E-state index in [1.807, 2.05) is 31.2 Å². The van der Waals surface area contributed by atoms with Crippen LogP contribution in [0.1, 0.15) is 45.7 Å². The summed E-state index contributed by atoms with van der Waals surface area (Å²) in [5.41, 5.74) is 0.947. The van der Waals surface area contributed by atoms with Gasteiger partial charge in [-0.25, -0.2) is 0 Å². The van der Waals surface area contributed by atoms with Gasteiger partial charge in [0, 0.05) is 32.4 Å². The molecule has 2 aromatic rings. The van der Waals surface area contributed by atoms with Crippen LogP contribution in [-0.4, -0.2) is 60.4 Å². The van der Waals surface area contributed by atoms with Crippen LogP contribution in [0.4, 0.5) is 0 Å². The third-order valence-corrected chi connectivity index (χ3v) is 6.40. The van der Waals surface area contributed by atoms with Gasteiger partial charge in [-0.2, -0.15) is 0 Å². The Labute approximate surface area is 199 Å². The lowest BCUT2D eigenvalue weighted by Gasteiger charge is -2.41. The summed E-state index contributed by atoms with van der Waals surface area (Å²) in [5.74, 6) is 0.00183. The van der Waals surface area contributed by atoms with Gasteiger partial charge in [-0.3, -0.25) is 19.4 Å².